The first-order valence-corrected chi connectivity index (χ1v) is 6.78. The maximum atomic E-state index is 11.1. The van der Waals surface area contributed by atoms with E-state index in [-0.39, 0.29) is 5.69 Å². The lowest BCUT2D eigenvalue weighted by molar-refractivity contribution is -0.385. The van der Waals surface area contributed by atoms with Crippen molar-refractivity contribution in [3.05, 3.63) is 39.6 Å². The standard InChI is InChI=1S/C14H19BN2O4/c1-10-7-9-16-11(12(10)17(18)19)6-8-15-20-13(2,3)14(4,5)21-15/h6-9H,1-5H3/b8-6+. The molecule has 0 unspecified atom stereocenters. The van der Waals surface area contributed by atoms with E-state index in [0.717, 1.165) is 0 Å². The maximum absolute atomic E-state index is 11.1. The lowest BCUT2D eigenvalue weighted by Gasteiger charge is -2.32. The summed E-state index contributed by atoms with van der Waals surface area (Å²) in [5.41, 5.74) is 0.00522. The van der Waals surface area contributed by atoms with Crippen molar-refractivity contribution in [2.45, 2.75) is 45.8 Å². The number of aryl methyl sites for hydroxylation is 1. The number of hydrogen-bond donors (Lipinski definition) is 0. The van der Waals surface area contributed by atoms with Crippen LogP contribution in [-0.2, 0) is 9.31 Å². The Bertz CT molecular complexity index is 583. The molecule has 0 aliphatic carbocycles. The molecule has 112 valence electrons. The Labute approximate surface area is 124 Å². The first kappa shape index (κ1) is 15.7. The molecular formula is C14H19BN2O4. The molecule has 0 saturated carbocycles. The van der Waals surface area contributed by atoms with Crippen LogP contribution in [0.15, 0.2) is 18.2 Å². The maximum Gasteiger partial charge on any atom is 0.487 e. The second kappa shape index (κ2) is 5.24. The predicted octanol–water partition coefficient (Wildman–Crippen LogP) is 2.94. The molecular weight excluding hydrogens is 271 g/mol. The lowest BCUT2D eigenvalue weighted by Crippen LogP contribution is -2.41. The van der Waals surface area contributed by atoms with Crippen molar-refractivity contribution in [3.8, 4) is 0 Å². The van der Waals surface area contributed by atoms with Gasteiger partial charge in [0, 0.05) is 11.8 Å². The van der Waals surface area contributed by atoms with E-state index in [1.54, 1.807) is 31.2 Å². The van der Waals surface area contributed by atoms with Gasteiger partial charge < -0.3 is 9.31 Å². The van der Waals surface area contributed by atoms with Gasteiger partial charge in [0.2, 0.25) is 0 Å². The fourth-order valence-corrected chi connectivity index (χ4v) is 2.07. The fourth-order valence-electron chi connectivity index (χ4n) is 2.07. The van der Waals surface area contributed by atoms with Gasteiger partial charge in [-0.3, -0.25) is 10.1 Å². The van der Waals surface area contributed by atoms with Crippen LogP contribution in [0, 0.1) is 17.0 Å². The first-order chi connectivity index (χ1) is 9.64. The Morgan fingerprint density at radius 1 is 1.29 bits per heavy atom. The van der Waals surface area contributed by atoms with Crippen LogP contribution in [0.2, 0.25) is 0 Å². The van der Waals surface area contributed by atoms with Gasteiger partial charge in [-0.25, -0.2) is 4.98 Å². The zero-order valence-electron chi connectivity index (χ0n) is 12.9. The van der Waals surface area contributed by atoms with Crippen LogP contribution in [0.1, 0.15) is 39.0 Å². The van der Waals surface area contributed by atoms with Gasteiger partial charge in [-0.15, -0.1) is 0 Å². The molecule has 21 heavy (non-hydrogen) atoms. The average Bonchev–Trinajstić information content (AvgIpc) is 2.54. The highest BCUT2D eigenvalue weighted by molar-refractivity contribution is 6.52. The molecule has 0 aromatic carbocycles. The number of aromatic nitrogens is 1. The van der Waals surface area contributed by atoms with Crippen molar-refractivity contribution in [1.29, 1.82) is 0 Å². The van der Waals surface area contributed by atoms with Gasteiger partial charge in [-0.05, 0) is 46.8 Å². The van der Waals surface area contributed by atoms with Crippen molar-refractivity contribution < 1.29 is 14.2 Å². The van der Waals surface area contributed by atoms with E-state index >= 15 is 0 Å². The number of hydrogen-bond acceptors (Lipinski definition) is 5. The largest absolute Gasteiger partial charge is 0.487 e. The number of rotatable bonds is 3. The zero-order chi connectivity index (χ0) is 15.8. The quantitative estimate of drug-likeness (QED) is 0.486. The highest BCUT2D eigenvalue weighted by Gasteiger charge is 2.50. The summed E-state index contributed by atoms with van der Waals surface area (Å²) in [5, 5.41) is 11.1. The first-order valence-electron chi connectivity index (χ1n) is 6.78. The van der Waals surface area contributed by atoms with Crippen LogP contribution in [-0.4, -0.2) is 28.2 Å². The lowest BCUT2D eigenvalue weighted by atomic mass is 9.89. The smallest absolute Gasteiger partial charge is 0.400 e. The average molecular weight is 290 g/mol. The molecule has 7 heteroatoms. The molecule has 0 bridgehead atoms. The topological polar surface area (TPSA) is 74.5 Å². The van der Waals surface area contributed by atoms with Crippen LogP contribution in [0.25, 0.3) is 6.08 Å². The molecule has 2 rings (SSSR count). The second-order valence-electron chi connectivity index (χ2n) is 6.10. The van der Waals surface area contributed by atoms with E-state index in [1.165, 1.54) is 0 Å². The van der Waals surface area contributed by atoms with Crippen molar-refractivity contribution in [3.63, 3.8) is 0 Å². The third-order valence-corrected chi connectivity index (χ3v) is 4.02. The molecule has 0 radical (unpaired) electrons. The predicted molar refractivity (Wildman–Crippen MR) is 80.7 cm³/mol. The molecule has 6 nitrogen and oxygen atoms in total. The van der Waals surface area contributed by atoms with Gasteiger partial charge in [0.25, 0.3) is 5.69 Å². The van der Waals surface area contributed by atoms with Crippen LogP contribution in [0.4, 0.5) is 5.69 Å². The van der Waals surface area contributed by atoms with E-state index in [2.05, 4.69) is 4.98 Å². The van der Waals surface area contributed by atoms with Gasteiger partial charge >= 0.3 is 7.12 Å². The summed E-state index contributed by atoms with van der Waals surface area (Å²) in [4.78, 5) is 14.7. The third-order valence-electron chi connectivity index (χ3n) is 4.02. The van der Waals surface area contributed by atoms with Crippen molar-refractivity contribution in [2.75, 3.05) is 0 Å². The molecule has 0 N–H and O–H groups in total. The highest BCUT2D eigenvalue weighted by atomic mass is 16.7. The van der Waals surface area contributed by atoms with E-state index in [9.17, 15) is 10.1 Å². The highest BCUT2D eigenvalue weighted by Crippen LogP contribution is 2.37. The summed E-state index contributed by atoms with van der Waals surface area (Å²) < 4.78 is 11.6. The molecule has 1 aromatic heterocycles. The Balaban J connectivity index is 2.24. The number of pyridine rings is 1. The molecule has 1 aliphatic heterocycles. The van der Waals surface area contributed by atoms with Crippen LogP contribution < -0.4 is 0 Å². The van der Waals surface area contributed by atoms with Crippen LogP contribution >= 0.6 is 0 Å². The molecule has 0 atom stereocenters. The van der Waals surface area contributed by atoms with Crippen molar-refractivity contribution in [2.24, 2.45) is 0 Å². The van der Waals surface area contributed by atoms with Gasteiger partial charge in [0.05, 0.1) is 16.1 Å². The van der Waals surface area contributed by atoms with E-state index in [1.807, 2.05) is 27.7 Å². The zero-order valence-corrected chi connectivity index (χ0v) is 12.9. The molecule has 1 aliphatic rings. The van der Waals surface area contributed by atoms with E-state index in [4.69, 9.17) is 9.31 Å². The van der Waals surface area contributed by atoms with Crippen LogP contribution in [0.5, 0.6) is 0 Å². The molecule has 2 heterocycles. The van der Waals surface area contributed by atoms with Crippen molar-refractivity contribution in [1.82, 2.24) is 4.98 Å². The summed E-state index contributed by atoms with van der Waals surface area (Å²) in [6.45, 7) is 9.50. The van der Waals surface area contributed by atoms with E-state index < -0.39 is 23.2 Å². The van der Waals surface area contributed by atoms with Gasteiger partial charge in [-0.1, -0.05) is 5.98 Å². The molecule has 1 aromatic rings. The number of nitro groups is 1. The minimum absolute atomic E-state index is 0.00488. The summed E-state index contributed by atoms with van der Waals surface area (Å²) in [7, 11) is -0.545. The second-order valence-corrected chi connectivity index (χ2v) is 6.10. The SMILES string of the molecule is Cc1ccnc(/C=C/B2OC(C)(C)C(C)(C)O2)c1[N+](=O)[O-]. The van der Waals surface area contributed by atoms with Gasteiger partial charge in [-0.2, -0.15) is 0 Å². The normalized spacial score (nSPS) is 20.1. The molecule has 0 spiro atoms. The van der Waals surface area contributed by atoms with Gasteiger partial charge in [0.1, 0.15) is 5.69 Å². The van der Waals surface area contributed by atoms with Crippen LogP contribution in [0.3, 0.4) is 0 Å². The van der Waals surface area contributed by atoms with Gasteiger partial charge in [0.15, 0.2) is 0 Å². The Morgan fingerprint density at radius 3 is 2.38 bits per heavy atom. The Hall–Kier alpha value is -1.73. The summed E-state index contributed by atoms with van der Waals surface area (Å²) in [5.74, 6) is 1.66. The summed E-state index contributed by atoms with van der Waals surface area (Å²) in [6, 6.07) is 1.62. The number of nitrogens with zero attached hydrogens (tertiary/aromatic N) is 2. The third kappa shape index (κ3) is 2.98. The molecule has 1 saturated heterocycles. The summed E-state index contributed by atoms with van der Waals surface area (Å²) in [6.07, 6.45) is 3.12. The molecule has 0 amide bonds. The summed E-state index contributed by atoms with van der Waals surface area (Å²) >= 11 is 0. The molecule has 1 fully saturated rings. The van der Waals surface area contributed by atoms with E-state index in [0.29, 0.717) is 11.3 Å². The monoisotopic (exact) mass is 290 g/mol. The Morgan fingerprint density at radius 2 is 1.86 bits per heavy atom. The Kier molecular flexibility index (Phi) is 3.90. The minimum atomic E-state index is -0.545. The minimum Gasteiger partial charge on any atom is -0.400 e. The van der Waals surface area contributed by atoms with Crippen molar-refractivity contribution >= 4 is 18.9 Å². The fraction of sp³-hybridized carbons (Fsp3) is 0.500.